The summed E-state index contributed by atoms with van der Waals surface area (Å²) in [5.74, 6) is 0.855. The Morgan fingerprint density at radius 3 is 2.82 bits per heavy atom. The summed E-state index contributed by atoms with van der Waals surface area (Å²) in [7, 11) is 0. The number of rotatable bonds is 7. The predicted octanol–water partition coefficient (Wildman–Crippen LogP) is 2.23. The fourth-order valence-corrected chi connectivity index (χ4v) is 3.67. The molecule has 0 spiro atoms. The number of nitrogens with one attached hydrogen (secondary N) is 1. The highest BCUT2D eigenvalue weighted by molar-refractivity contribution is 7.99. The van der Waals surface area contributed by atoms with E-state index in [1.165, 1.54) is 0 Å². The molecule has 1 amide bonds. The van der Waals surface area contributed by atoms with Gasteiger partial charge in [-0.2, -0.15) is 11.8 Å². The molecule has 0 radical (unpaired) electrons. The number of benzene rings is 1. The van der Waals surface area contributed by atoms with E-state index in [9.17, 15) is 14.7 Å². The lowest BCUT2D eigenvalue weighted by Crippen LogP contribution is -2.54. The van der Waals surface area contributed by atoms with Crippen LogP contribution in [0, 0.1) is 6.92 Å². The minimum atomic E-state index is -1.08. The Labute approximate surface area is 134 Å². The SMILES string of the molecule is Cc1ccccc1OCCCC(=O)NC1(C(=O)O)CCSC1. The van der Waals surface area contributed by atoms with E-state index in [4.69, 9.17) is 4.74 Å². The van der Waals surface area contributed by atoms with E-state index in [0.717, 1.165) is 17.1 Å². The predicted molar refractivity (Wildman–Crippen MR) is 86.4 cm³/mol. The molecule has 0 bridgehead atoms. The lowest BCUT2D eigenvalue weighted by molar-refractivity contribution is -0.146. The van der Waals surface area contributed by atoms with Gasteiger partial charge in [-0.1, -0.05) is 18.2 Å². The molecule has 0 saturated carbocycles. The third-order valence-corrected chi connectivity index (χ3v) is 4.90. The van der Waals surface area contributed by atoms with Crippen molar-refractivity contribution in [2.45, 2.75) is 31.7 Å². The Balaban J connectivity index is 1.74. The third-order valence-electron chi connectivity index (χ3n) is 3.71. The van der Waals surface area contributed by atoms with Crippen LogP contribution in [-0.2, 0) is 9.59 Å². The highest BCUT2D eigenvalue weighted by atomic mass is 32.2. The molecule has 2 N–H and O–H groups in total. The van der Waals surface area contributed by atoms with Crippen molar-refractivity contribution in [3.8, 4) is 5.75 Å². The van der Waals surface area contributed by atoms with Crippen LogP contribution >= 0.6 is 11.8 Å². The second-order valence-corrected chi connectivity index (χ2v) is 6.56. The number of carbonyl (C=O) groups is 2. The van der Waals surface area contributed by atoms with Crippen molar-refractivity contribution in [3.05, 3.63) is 29.8 Å². The summed E-state index contributed by atoms with van der Waals surface area (Å²) < 4.78 is 5.63. The molecule has 1 unspecified atom stereocenters. The van der Waals surface area contributed by atoms with Gasteiger partial charge in [-0.25, -0.2) is 4.79 Å². The zero-order valence-corrected chi connectivity index (χ0v) is 13.4. The number of thioether (sulfide) groups is 1. The van der Waals surface area contributed by atoms with E-state index in [1.807, 2.05) is 31.2 Å². The van der Waals surface area contributed by atoms with E-state index < -0.39 is 11.5 Å². The van der Waals surface area contributed by atoms with Crippen molar-refractivity contribution in [1.82, 2.24) is 5.32 Å². The third kappa shape index (κ3) is 4.16. The average Bonchev–Trinajstić information content (AvgIpc) is 2.95. The number of aryl methyl sites for hydroxylation is 1. The Kier molecular flexibility index (Phi) is 5.71. The zero-order valence-electron chi connectivity index (χ0n) is 12.6. The first kappa shape index (κ1) is 16.7. The van der Waals surface area contributed by atoms with Crippen LogP contribution in [0.3, 0.4) is 0 Å². The summed E-state index contributed by atoms with van der Waals surface area (Å²) in [5.41, 5.74) is -0.0294. The number of amides is 1. The van der Waals surface area contributed by atoms with Crippen LogP contribution in [0.15, 0.2) is 24.3 Å². The van der Waals surface area contributed by atoms with Crippen LogP contribution in [0.5, 0.6) is 5.75 Å². The molecule has 1 aromatic rings. The summed E-state index contributed by atoms with van der Waals surface area (Å²) in [6, 6.07) is 7.71. The summed E-state index contributed by atoms with van der Waals surface area (Å²) in [6.07, 6.45) is 1.31. The van der Waals surface area contributed by atoms with E-state index in [2.05, 4.69) is 5.32 Å². The van der Waals surface area contributed by atoms with E-state index in [0.29, 0.717) is 25.2 Å². The molecular weight excluding hydrogens is 302 g/mol. The second kappa shape index (κ2) is 7.54. The number of carboxylic acid groups (broad SMARTS) is 1. The number of aliphatic carboxylic acids is 1. The van der Waals surface area contributed by atoms with Crippen LogP contribution in [0.4, 0.5) is 0 Å². The first-order valence-corrected chi connectivity index (χ1v) is 8.49. The fourth-order valence-electron chi connectivity index (χ4n) is 2.35. The van der Waals surface area contributed by atoms with Crippen molar-refractivity contribution in [1.29, 1.82) is 0 Å². The van der Waals surface area contributed by atoms with Crippen LogP contribution in [0.1, 0.15) is 24.8 Å². The Bertz CT molecular complexity index is 541. The topological polar surface area (TPSA) is 75.6 Å². The van der Waals surface area contributed by atoms with Gasteiger partial charge in [-0.15, -0.1) is 0 Å². The van der Waals surface area contributed by atoms with Gasteiger partial charge in [-0.3, -0.25) is 4.79 Å². The first-order chi connectivity index (χ1) is 10.5. The molecule has 1 atom stereocenters. The quantitative estimate of drug-likeness (QED) is 0.753. The molecule has 22 heavy (non-hydrogen) atoms. The maximum atomic E-state index is 11.9. The molecule has 2 rings (SSSR count). The molecule has 1 saturated heterocycles. The van der Waals surface area contributed by atoms with Crippen LogP contribution in [0.25, 0.3) is 0 Å². The Hall–Kier alpha value is -1.69. The minimum absolute atomic E-state index is 0.224. The molecule has 1 fully saturated rings. The van der Waals surface area contributed by atoms with Crippen LogP contribution < -0.4 is 10.1 Å². The van der Waals surface area contributed by atoms with Gasteiger partial charge in [0, 0.05) is 12.2 Å². The summed E-state index contributed by atoms with van der Waals surface area (Å²) in [4.78, 5) is 23.3. The van der Waals surface area contributed by atoms with E-state index in [-0.39, 0.29) is 12.3 Å². The van der Waals surface area contributed by atoms with Gasteiger partial charge in [0.05, 0.1) is 6.61 Å². The van der Waals surface area contributed by atoms with Crippen molar-refractivity contribution in [3.63, 3.8) is 0 Å². The molecule has 120 valence electrons. The van der Waals surface area contributed by atoms with Crippen LogP contribution in [0.2, 0.25) is 0 Å². The summed E-state index contributed by atoms with van der Waals surface area (Å²) in [5, 5.41) is 12.0. The van der Waals surface area contributed by atoms with Gasteiger partial charge >= 0.3 is 5.97 Å². The largest absolute Gasteiger partial charge is 0.493 e. The molecule has 0 aromatic heterocycles. The molecule has 5 nitrogen and oxygen atoms in total. The van der Waals surface area contributed by atoms with Gasteiger partial charge in [0.2, 0.25) is 5.91 Å². The van der Waals surface area contributed by atoms with Crippen molar-refractivity contribution < 1.29 is 19.4 Å². The summed E-state index contributed by atoms with van der Waals surface area (Å²) in [6.45, 7) is 2.41. The molecule has 1 aromatic carbocycles. The normalized spacial score (nSPS) is 20.6. The maximum Gasteiger partial charge on any atom is 0.330 e. The second-order valence-electron chi connectivity index (χ2n) is 5.46. The molecule has 1 aliphatic rings. The van der Waals surface area contributed by atoms with Gasteiger partial charge in [0.25, 0.3) is 0 Å². The van der Waals surface area contributed by atoms with Gasteiger partial charge < -0.3 is 15.2 Å². The van der Waals surface area contributed by atoms with Crippen LogP contribution in [-0.4, -0.2) is 40.6 Å². The summed E-state index contributed by atoms with van der Waals surface area (Å²) >= 11 is 1.56. The number of hydrogen-bond acceptors (Lipinski definition) is 4. The minimum Gasteiger partial charge on any atom is -0.493 e. The lowest BCUT2D eigenvalue weighted by atomic mass is 9.99. The van der Waals surface area contributed by atoms with Gasteiger partial charge in [0.1, 0.15) is 11.3 Å². The Morgan fingerprint density at radius 1 is 1.41 bits per heavy atom. The molecule has 6 heteroatoms. The number of hydrogen-bond donors (Lipinski definition) is 2. The van der Waals surface area contributed by atoms with Crippen molar-refractivity contribution in [2.75, 3.05) is 18.1 Å². The van der Waals surface area contributed by atoms with Gasteiger partial charge in [-0.05, 0) is 37.1 Å². The Morgan fingerprint density at radius 2 is 2.18 bits per heavy atom. The van der Waals surface area contributed by atoms with E-state index >= 15 is 0 Å². The number of carbonyl (C=O) groups excluding carboxylic acids is 1. The average molecular weight is 323 g/mol. The van der Waals surface area contributed by atoms with E-state index in [1.54, 1.807) is 11.8 Å². The zero-order chi connectivity index (χ0) is 16.0. The molecular formula is C16H21NO4S. The van der Waals surface area contributed by atoms with Crippen molar-refractivity contribution >= 4 is 23.6 Å². The number of ether oxygens (including phenoxy) is 1. The monoisotopic (exact) mass is 323 g/mol. The first-order valence-electron chi connectivity index (χ1n) is 7.34. The highest BCUT2D eigenvalue weighted by Crippen LogP contribution is 2.28. The number of para-hydroxylation sites is 1. The van der Waals surface area contributed by atoms with Crippen molar-refractivity contribution in [2.24, 2.45) is 0 Å². The standard InChI is InChI=1S/C16H21NO4S/c1-12-5-2-3-6-13(12)21-9-4-7-14(18)17-16(15(19)20)8-10-22-11-16/h2-3,5-6H,4,7-11H2,1H3,(H,17,18)(H,19,20). The van der Waals surface area contributed by atoms with Gasteiger partial charge in [0.15, 0.2) is 0 Å². The maximum absolute atomic E-state index is 11.9. The highest BCUT2D eigenvalue weighted by Gasteiger charge is 2.43. The molecule has 0 aliphatic carbocycles. The molecule has 1 heterocycles. The molecule has 1 aliphatic heterocycles. The lowest BCUT2D eigenvalue weighted by Gasteiger charge is -2.24. The smallest absolute Gasteiger partial charge is 0.330 e. The number of carboxylic acids is 1. The fraction of sp³-hybridized carbons (Fsp3) is 0.500.